The number of carbonyl (C=O) groups is 3. The summed E-state index contributed by atoms with van der Waals surface area (Å²) in [6.45, 7) is -0.123. The Morgan fingerprint density at radius 2 is 1.78 bits per heavy atom. The molecule has 0 aromatic heterocycles. The molecule has 11 heteroatoms. The van der Waals surface area contributed by atoms with Crippen LogP contribution < -0.4 is 14.8 Å². The van der Waals surface area contributed by atoms with E-state index in [9.17, 15) is 14.4 Å². The molecule has 0 atom stereocenters. The van der Waals surface area contributed by atoms with Crippen molar-refractivity contribution in [3.05, 3.63) is 91.2 Å². The van der Waals surface area contributed by atoms with Crippen LogP contribution in [-0.4, -0.2) is 35.6 Å². The Morgan fingerprint density at radius 1 is 1.08 bits per heavy atom. The lowest BCUT2D eigenvalue weighted by Gasteiger charge is -2.13. The van der Waals surface area contributed by atoms with Gasteiger partial charge in [-0.3, -0.25) is 19.3 Å². The van der Waals surface area contributed by atoms with Gasteiger partial charge in [-0.15, -0.1) is 0 Å². The predicted octanol–water partition coefficient (Wildman–Crippen LogP) is 7.02. The second-order valence-corrected chi connectivity index (χ2v) is 10.5. The van der Waals surface area contributed by atoms with Crippen LogP contribution in [0.1, 0.15) is 11.1 Å². The molecule has 0 bridgehead atoms. The van der Waals surface area contributed by atoms with Gasteiger partial charge in [-0.1, -0.05) is 35.3 Å². The van der Waals surface area contributed by atoms with Crippen molar-refractivity contribution >= 4 is 79.7 Å². The molecule has 3 amide bonds. The third-order valence-corrected chi connectivity index (χ3v) is 7.19. The Bertz CT molecular complexity index is 1360. The average molecular weight is 622 g/mol. The summed E-state index contributed by atoms with van der Waals surface area (Å²) in [5.41, 5.74) is 2.02. The quantitative estimate of drug-likeness (QED) is 0.272. The van der Waals surface area contributed by atoms with Gasteiger partial charge in [0.15, 0.2) is 5.75 Å². The van der Waals surface area contributed by atoms with Gasteiger partial charge in [0.05, 0.1) is 21.5 Å². The smallest absolute Gasteiger partial charge is 0.294 e. The van der Waals surface area contributed by atoms with Crippen molar-refractivity contribution in [2.24, 2.45) is 0 Å². The molecule has 0 radical (unpaired) electrons. The van der Waals surface area contributed by atoms with Crippen molar-refractivity contribution in [2.45, 2.75) is 6.61 Å². The average Bonchev–Trinajstić information content (AvgIpc) is 3.12. The molecule has 37 heavy (non-hydrogen) atoms. The summed E-state index contributed by atoms with van der Waals surface area (Å²) < 4.78 is 11.5. The molecule has 3 aromatic rings. The molecule has 0 saturated carbocycles. The van der Waals surface area contributed by atoms with Crippen molar-refractivity contribution in [2.75, 3.05) is 19.0 Å². The molecule has 7 nitrogen and oxygen atoms in total. The number of carbonyl (C=O) groups excluding carboxylic acids is 3. The molecule has 1 heterocycles. The SMILES string of the molecule is COc1ccc(NC(=O)CN2C(=O)S/C(=C/c3cc(Cl)c(OCc4ccc(Cl)cc4)c(Br)c3)C2=O)cc1. The van der Waals surface area contributed by atoms with E-state index in [1.54, 1.807) is 61.7 Å². The van der Waals surface area contributed by atoms with Crippen LogP contribution in [0.25, 0.3) is 6.08 Å². The number of methoxy groups -OCH3 is 1. The second-order valence-electron chi connectivity index (χ2n) is 7.77. The molecule has 4 rings (SSSR count). The van der Waals surface area contributed by atoms with Gasteiger partial charge in [0, 0.05) is 10.7 Å². The summed E-state index contributed by atoms with van der Waals surface area (Å²) in [5, 5.41) is 3.09. The maximum absolute atomic E-state index is 12.9. The van der Waals surface area contributed by atoms with E-state index in [-0.39, 0.29) is 11.5 Å². The fraction of sp³-hybridized carbons (Fsp3) is 0.115. The minimum absolute atomic E-state index is 0.181. The second kappa shape index (κ2) is 12.0. The molecule has 1 aliphatic rings. The fourth-order valence-corrected chi connectivity index (χ4v) is 5.30. The third-order valence-electron chi connectivity index (χ3n) is 5.16. The molecule has 1 fully saturated rings. The Kier molecular flexibility index (Phi) is 8.81. The number of thioether (sulfide) groups is 1. The van der Waals surface area contributed by atoms with E-state index in [1.807, 2.05) is 12.1 Å². The van der Waals surface area contributed by atoms with E-state index in [4.69, 9.17) is 32.7 Å². The number of benzene rings is 3. The zero-order chi connectivity index (χ0) is 26.5. The molecule has 0 spiro atoms. The number of hydrogen-bond acceptors (Lipinski definition) is 6. The van der Waals surface area contributed by atoms with Gasteiger partial charge >= 0.3 is 0 Å². The van der Waals surface area contributed by atoms with Gasteiger partial charge in [0.1, 0.15) is 18.9 Å². The van der Waals surface area contributed by atoms with E-state index in [2.05, 4.69) is 21.2 Å². The number of rotatable bonds is 8. The van der Waals surface area contributed by atoms with Gasteiger partial charge < -0.3 is 14.8 Å². The normalized spacial score (nSPS) is 14.3. The number of halogens is 3. The maximum Gasteiger partial charge on any atom is 0.294 e. The molecule has 190 valence electrons. The van der Waals surface area contributed by atoms with E-state index in [0.717, 1.165) is 22.2 Å². The van der Waals surface area contributed by atoms with Gasteiger partial charge in [-0.05, 0) is 93.4 Å². The highest BCUT2D eigenvalue weighted by Crippen LogP contribution is 2.38. The molecule has 0 unspecified atom stereocenters. The number of imide groups is 1. The van der Waals surface area contributed by atoms with E-state index in [1.165, 1.54) is 0 Å². The topological polar surface area (TPSA) is 84.9 Å². The fourth-order valence-electron chi connectivity index (χ4n) is 3.34. The van der Waals surface area contributed by atoms with Crippen LogP contribution in [0.5, 0.6) is 11.5 Å². The largest absolute Gasteiger partial charge is 0.497 e. The zero-order valence-corrected chi connectivity index (χ0v) is 23.2. The van der Waals surface area contributed by atoms with Crippen molar-refractivity contribution < 1.29 is 23.9 Å². The minimum Gasteiger partial charge on any atom is -0.497 e. The first-order chi connectivity index (χ1) is 17.7. The van der Waals surface area contributed by atoms with Crippen LogP contribution in [0.2, 0.25) is 10.0 Å². The first-order valence-electron chi connectivity index (χ1n) is 10.8. The molecular weight excluding hydrogens is 603 g/mol. The molecular formula is C26H19BrCl2N2O5S. The number of ether oxygens (including phenoxy) is 2. The lowest BCUT2D eigenvalue weighted by molar-refractivity contribution is -0.127. The monoisotopic (exact) mass is 620 g/mol. The summed E-state index contributed by atoms with van der Waals surface area (Å²) in [6.07, 6.45) is 1.55. The lowest BCUT2D eigenvalue weighted by Crippen LogP contribution is -2.36. The van der Waals surface area contributed by atoms with Gasteiger partial charge in [0.25, 0.3) is 11.1 Å². The molecule has 1 saturated heterocycles. The predicted molar refractivity (Wildman–Crippen MR) is 149 cm³/mol. The molecule has 3 aromatic carbocycles. The highest BCUT2D eigenvalue weighted by atomic mass is 79.9. The zero-order valence-electron chi connectivity index (χ0n) is 19.3. The maximum atomic E-state index is 12.9. The van der Waals surface area contributed by atoms with E-state index >= 15 is 0 Å². The first-order valence-corrected chi connectivity index (χ1v) is 13.2. The van der Waals surface area contributed by atoms with Crippen LogP contribution in [0.3, 0.4) is 0 Å². The minimum atomic E-state index is -0.560. The molecule has 1 N–H and O–H groups in total. The summed E-state index contributed by atoms with van der Waals surface area (Å²) >= 11 is 16.6. The number of nitrogens with zero attached hydrogens (tertiary/aromatic N) is 1. The van der Waals surface area contributed by atoms with Crippen LogP contribution in [0.15, 0.2) is 70.0 Å². The first kappa shape index (κ1) is 27.1. The summed E-state index contributed by atoms with van der Waals surface area (Å²) in [7, 11) is 1.54. The highest BCUT2D eigenvalue weighted by Gasteiger charge is 2.36. The standard InChI is InChI=1S/C26H19BrCl2N2O5S/c1-35-19-8-6-18(7-9-19)30-23(32)13-31-25(33)22(37-26(31)34)12-16-10-20(27)24(21(29)11-16)36-14-15-2-4-17(28)5-3-15/h2-12H,13-14H2,1H3,(H,30,32)/b22-12+. The van der Waals surface area contributed by atoms with Crippen LogP contribution in [-0.2, 0) is 16.2 Å². The van der Waals surface area contributed by atoms with Crippen molar-refractivity contribution in [1.29, 1.82) is 0 Å². The Hall–Kier alpha value is -2.98. The number of hydrogen-bond donors (Lipinski definition) is 1. The van der Waals surface area contributed by atoms with Gasteiger partial charge in [0.2, 0.25) is 5.91 Å². The summed E-state index contributed by atoms with van der Waals surface area (Å²) in [5.74, 6) is 0.0240. The van der Waals surface area contributed by atoms with Gasteiger partial charge in [-0.25, -0.2) is 0 Å². The van der Waals surface area contributed by atoms with Crippen molar-refractivity contribution in [3.8, 4) is 11.5 Å². The lowest BCUT2D eigenvalue weighted by atomic mass is 10.2. The number of nitrogens with one attached hydrogen (secondary N) is 1. The van der Waals surface area contributed by atoms with Crippen LogP contribution in [0, 0.1) is 0 Å². The third kappa shape index (κ3) is 6.87. The summed E-state index contributed by atoms with van der Waals surface area (Å²) in [6, 6.07) is 17.3. The highest BCUT2D eigenvalue weighted by molar-refractivity contribution is 9.10. The van der Waals surface area contributed by atoms with Crippen LogP contribution in [0.4, 0.5) is 10.5 Å². The van der Waals surface area contributed by atoms with Crippen molar-refractivity contribution in [3.63, 3.8) is 0 Å². The van der Waals surface area contributed by atoms with Crippen LogP contribution >= 0.6 is 50.9 Å². The van der Waals surface area contributed by atoms with E-state index in [0.29, 0.717) is 37.3 Å². The Balaban J connectivity index is 1.41. The van der Waals surface area contributed by atoms with Gasteiger partial charge in [-0.2, -0.15) is 0 Å². The van der Waals surface area contributed by atoms with Crippen molar-refractivity contribution in [1.82, 2.24) is 4.90 Å². The Morgan fingerprint density at radius 3 is 2.43 bits per heavy atom. The Labute approximate surface area is 235 Å². The summed E-state index contributed by atoms with van der Waals surface area (Å²) in [4.78, 5) is 38.8. The number of amides is 3. The molecule has 1 aliphatic heterocycles. The van der Waals surface area contributed by atoms with E-state index < -0.39 is 23.6 Å². The molecule has 0 aliphatic carbocycles. The number of anilines is 1.